The van der Waals surface area contributed by atoms with Crippen molar-refractivity contribution in [3.63, 3.8) is 0 Å². The van der Waals surface area contributed by atoms with Gasteiger partial charge in [-0.25, -0.2) is 13.3 Å². The molecule has 1 atom stereocenters. The van der Waals surface area contributed by atoms with E-state index in [2.05, 4.69) is 23.2 Å². The van der Waals surface area contributed by atoms with Gasteiger partial charge in [0.15, 0.2) is 11.5 Å². The fraction of sp³-hybridized carbons (Fsp3) is 0.286. The van der Waals surface area contributed by atoms with Gasteiger partial charge in [-0.1, -0.05) is 12.1 Å². The molecule has 0 bridgehead atoms. The van der Waals surface area contributed by atoms with Gasteiger partial charge in [0.2, 0.25) is 0 Å². The smallest absolute Gasteiger partial charge is 0.162 e. The van der Waals surface area contributed by atoms with Gasteiger partial charge in [-0.05, 0) is 46.9 Å². The van der Waals surface area contributed by atoms with E-state index in [-0.39, 0.29) is 0 Å². The number of methoxy groups -OCH3 is 2. The van der Waals surface area contributed by atoms with Crippen LogP contribution >= 0.6 is 0 Å². The molecule has 7 heteroatoms. The molecule has 1 aliphatic rings. The van der Waals surface area contributed by atoms with Crippen LogP contribution in [0.4, 0.5) is 0 Å². The number of ether oxygens (including phenoxy) is 2. The minimum absolute atomic E-state index is 0.530. The number of nitrogens with zero attached hydrogens (tertiary/aromatic N) is 2. The van der Waals surface area contributed by atoms with E-state index in [0.717, 1.165) is 34.0 Å². The summed E-state index contributed by atoms with van der Waals surface area (Å²) in [6, 6.07) is 12.2. The maximum atomic E-state index is 12.2. The Balaban J connectivity index is 1.83. The monoisotopic (exact) mass is 397 g/mol. The van der Waals surface area contributed by atoms with E-state index in [1.54, 1.807) is 24.7 Å². The quantitative estimate of drug-likeness (QED) is 0.725. The summed E-state index contributed by atoms with van der Waals surface area (Å²) in [6.45, 7) is 1.18. The minimum Gasteiger partial charge on any atom is -0.493 e. The lowest BCUT2D eigenvalue weighted by atomic mass is 9.94. The molecule has 0 saturated heterocycles. The van der Waals surface area contributed by atoms with Gasteiger partial charge in [0.1, 0.15) is 9.92 Å². The predicted octanol–water partition coefficient (Wildman–Crippen LogP) is 3.87. The van der Waals surface area contributed by atoms with E-state index < -0.39 is 9.92 Å². The van der Waals surface area contributed by atoms with Crippen LogP contribution in [0, 0.1) is 4.78 Å². The van der Waals surface area contributed by atoms with Gasteiger partial charge in [-0.2, -0.15) is 0 Å². The number of hydrogen-bond acceptors (Lipinski definition) is 5. The van der Waals surface area contributed by atoms with Crippen LogP contribution in [0.5, 0.6) is 11.5 Å². The van der Waals surface area contributed by atoms with Crippen LogP contribution in [-0.2, 0) is 22.9 Å². The molecule has 0 spiro atoms. The first-order valence-electron chi connectivity index (χ1n) is 9.02. The molecule has 2 heterocycles. The van der Waals surface area contributed by atoms with Crippen molar-refractivity contribution in [2.45, 2.75) is 13.0 Å². The summed E-state index contributed by atoms with van der Waals surface area (Å²) in [5, 5.41) is 0.979. The van der Waals surface area contributed by atoms with Gasteiger partial charge in [-0.15, -0.1) is 0 Å². The summed E-state index contributed by atoms with van der Waals surface area (Å²) in [7, 11) is 0.529. The van der Waals surface area contributed by atoms with E-state index in [1.807, 2.05) is 18.2 Å². The molecule has 1 aromatic heterocycles. The summed E-state index contributed by atoms with van der Waals surface area (Å²) >= 11 is 0. The summed E-state index contributed by atoms with van der Waals surface area (Å²) < 4.78 is 32.7. The highest BCUT2D eigenvalue weighted by atomic mass is 32.2. The number of rotatable bonds is 4. The van der Waals surface area contributed by atoms with Crippen molar-refractivity contribution in [1.29, 1.82) is 4.78 Å². The Labute approximate surface area is 165 Å². The van der Waals surface area contributed by atoms with Gasteiger partial charge in [0.25, 0.3) is 0 Å². The standard InChI is InChI=1S/C21H23N3O3S/c1-26-20-11-18-17(6-8-23-19(18)12-21(20)27-2)15-5-4-14-7-9-24(28(3,22)25)13-16(14)10-15/h4-6,8,10-12,22H,7,9,13H2,1-3H3/t28-/m0/s1. The average molecular weight is 398 g/mol. The Kier molecular flexibility index (Phi) is 4.72. The van der Waals surface area contributed by atoms with Crippen molar-refractivity contribution in [2.24, 2.45) is 0 Å². The SMILES string of the molecule is COc1cc2nccc(-c3ccc4c(c3)CN([S@](C)(=N)=O)CC4)c2cc1OC. The molecule has 146 valence electrons. The molecule has 0 aliphatic carbocycles. The first-order chi connectivity index (χ1) is 13.4. The van der Waals surface area contributed by atoms with Gasteiger partial charge in [0, 0.05) is 37.0 Å². The molecule has 2 aromatic carbocycles. The summed E-state index contributed by atoms with van der Waals surface area (Å²) in [5.41, 5.74) is 5.32. The molecule has 0 fully saturated rings. The topological polar surface area (TPSA) is 75.5 Å². The van der Waals surface area contributed by atoms with Crippen molar-refractivity contribution in [3.8, 4) is 22.6 Å². The highest BCUT2D eigenvalue weighted by Gasteiger charge is 2.21. The van der Waals surface area contributed by atoms with Crippen molar-refractivity contribution in [1.82, 2.24) is 9.29 Å². The highest BCUT2D eigenvalue weighted by Crippen LogP contribution is 2.37. The minimum atomic E-state index is -2.70. The first-order valence-corrected chi connectivity index (χ1v) is 10.9. The fourth-order valence-corrected chi connectivity index (χ4v) is 4.55. The van der Waals surface area contributed by atoms with E-state index in [4.69, 9.17) is 14.3 Å². The van der Waals surface area contributed by atoms with Crippen LogP contribution in [0.15, 0.2) is 42.6 Å². The number of fused-ring (bicyclic) bond motifs is 2. The second-order valence-corrected chi connectivity index (χ2v) is 9.10. The maximum absolute atomic E-state index is 12.2. The lowest BCUT2D eigenvalue weighted by molar-refractivity contribution is 0.356. The van der Waals surface area contributed by atoms with E-state index in [9.17, 15) is 4.21 Å². The molecule has 1 N–H and O–H groups in total. The summed E-state index contributed by atoms with van der Waals surface area (Å²) in [6.07, 6.45) is 4.08. The zero-order valence-electron chi connectivity index (χ0n) is 16.2. The number of pyridine rings is 1. The molecule has 0 radical (unpaired) electrons. The normalized spacial score (nSPS) is 16.4. The van der Waals surface area contributed by atoms with E-state index in [0.29, 0.717) is 24.6 Å². The zero-order valence-corrected chi connectivity index (χ0v) is 17.0. The van der Waals surface area contributed by atoms with Gasteiger partial charge < -0.3 is 9.47 Å². The second-order valence-electron chi connectivity index (χ2n) is 6.98. The lowest BCUT2D eigenvalue weighted by Gasteiger charge is -2.28. The Morgan fingerprint density at radius 1 is 1.07 bits per heavy atom. The maximum Gasteiger partial charge on any atom is 0.162 e. The lowest BCUT2D eigenvalue weighted by Crippen LogP contribution is -2.34. The van der Waals surface area contributed by atoms with Crippen LogP contribution in [0.1, 0.15) is 11.1 Å². The number of aromatic nitrogens is 1. The van der Waals surface area contributed by atoms with Crippen LogP contribution in [0.2, 0.25) is 0 Å². The molecule has 0 saturated carbocycles. The number of benzene rings is 2. The molecular weight excluding hydrogens is 374 g/mol. The van der Waals surface area contributed by atoms with Gasteiger partial charge in [0.05, 0.1) is 19.7 Å². The number of hydrogen-bond donors (Lipinski definition) is 1. The van der Waals surface area contributed by atoms with Crippen molar-refractivity contribution in [3.05, 3.63) is 53.7 Å². The van der Waals surface area contributed by atoms with Crippen LogP contribution in [0.25, 0.3) is 22.0 Å². The Bertz CT molecular complexity index is 1160. The zero-order chi connectivity index (χ0) is 19.9. The van der Waals surface area contributed by atoms with Crippen LogP contribution < -0.4 is 9.47 Å². The molecule has 0 amide bonds. The van der Waals surface area contributed by atoms with Crippen molar-refractivity contribution < 1.29 is 13.7 Å². The van der Waals surface area contributed by atoms with Gasteiger partial charge >= 0.3 is 0 Å². The largest absolute Gasteiger partial charge is 0.493 e. The molecule has 28 heavy (non-hydrogen) atoms. The Morgan fingerprint density at radius 2 is 1.82 bits per heavy atom. The van der Waals surface area contributed by atoms with Gasteiger partial charge in [-0.3, -0.25) is 4.98 Å². The van der Waals surface area contributed by atoms with E-state index >= 15 is 0 Å². The predicted molar refractivity (Wildman–Crippen MR) is 111 cm³/mol. The molecular formula is C21H23N3O3S. The van der Waals surface area contributed by atoms with Crippen molar-refractivity contribution >= 4 is 20.8 Å². The summed E-state index contributed by atoms with van der Waals surface area (Å²) in [5.74, 6) is 1.31. The Hall–Kier alpha value is -2.64. The average Bonchev–Trinajstić information content (AvgIpc) is 2.70. The third kappa shape index (κ3) is 3.31. The Morgan fingerprint density at radius 3 is 2.54 bits per heavy atom. The third-order valence-electron chi connectivity index (χ3n) is 5.23. The highest BCUT2D eigenvalue weighted by molar-refractivity contribution is 7.89. The van der Waals surface area contributed by atoms with Crippen molar-refractivity contribution in [2.75, 3.05) is 27.0 Å². The second kappa shape index (κ2) is 7.07. The molecule has 0 unspecified atom stereocenters. The molecule has 4 rings (SSSR count). The fourth-order valence-electron chi connectivity index (χ4n) is 3.72. The molecule has 6 nitrogen and oxygen atoms in total. The summed E-state index contributed by atoms with van der Waals surface area (Å²) in [4.78, 5) is 4.48. The van der Waals surface area contributed by atoms with E-state index in [1.165, 1.54) is 11.8 Å². The number of nitrogens with one attached hydrogen (secondary N) is 1. The first kappa shape index (κ1) is 18.7. The van der Waals surface area contributed by atoms with Crippen LogP contribution in [-0.4, -0.2) is 40.5 Å². The molecule has 3 aromatic rings. The molecule has 1 aliphatic heterocycles. The third-order valence-corrected chi connectivity index (χ3v) is 6.53. The van der Waals surface area contributed by atoms with Crippen LogP contribution in [0.3, 0.4) is 0 Å².